The minimum Gasteiger partial charge on any atom is -0.493 e. The Kier molecular flexibility index (Phi) is 3.78. The van der Waals surface area contributed by atoms with Gasteiger partial charge in [-0.2, -0.15) is 0 Å². The van der Waals surface area contributed by atoms with E-state index < -0.39 is 5.97 Å². The first-order chi connectivity index (χ1) is 10.7. The van der Waals surface area contributed by atoms with E-state index in [9.17, 15) is 9.90 Å². The Morgan fingerprint density at radius 2 is 2.00 bits per heavy atom. The summed E-state index contributed by atoms with van der Waals surface area (Å²) in [6.45, 7) is 2.30. The van der Waals surface area contributed by atoms with Crippen LogP contribution in [0.25, 0.3) is 5.65 Å². The lowest BCUT2D eigenvalue weighted by Gasteiger charge is -2.05. The highest BCUT2D eigenvalue weighted by Crippen LogP contribution is 2.17. The lowest BCUT2D eigenvalue weighted by Crippen LogP contribution is -2.09. The van der Waals surface area contributed by atoms with Crippen LogP contribution in [0.4, 0.5) is 0 Å². The Balaban J connectivity index is 1.85. The molecule has 112 valence electrons. The summed E-state index contributed by atoms with van der Waals surface area (Å²) in [6, 6.07) is 13.2. The second-order valence-corrected chi connectivity index (χ2v) is 5.01. The molecule has 22 heavy (non-hydrogen) atoms. The Morgan fingerprint density at radius 1 is 1.23 bits per heavy atom. The van der Waals surface area contributed by atoms with Gasteiger partial charge in [0.15, 0.2) is 5.69 Å². The number of hydrogen-bond acceptors (Lipinski definition) is 3. The maximum absolute atomic E-state index is 11.5. The van der Waals surface area contributed by atoms with Crippen molar-refractivity contribution in [2.45, 2.75) is 13.3 Å². The number of carboxylic acid groups (broad SMARTS) is 1. The highest BCUT2D eigenvalue weighted by molar-refractivity contribution is 5.88. The zero-order valence-corrected chi connectivity index (χ0v) is 12.2. The molecule has 0 spiro atoms. The van der Waals surface area contributed by atoms with E-state index in [1.165, 1.54) is 0 Å². The molecular formula is C17H16N2O3. The van der Waals surface area contributed by atoms with Gasteiger partial charge < -0.3 is 9.84 Å². The van der Waals surface area contributed by atoms with Crippen LogP contribution in [-0.4, -0.2) is 27.1 Å². The molecule has 1 aromatic carbocycles. The third kappa shape index (κ3) is 2.65. The zero-order chi connectivity index (χ0) is 15.5. The zero-order valence-electron chi connectivity index (χ0n) is 12.2. The van der Waals surface area contributed by atoms with Crippen molar-refractivity contribution >= 4 is 11.6 Å². The average Bonchev–Trinajstić information content (AvgIpc) is 2.88. The fraction of sp³-hybridized carbons (Fsp3) is 0.176. The molecule has 0 aliphatic heterocycles. The van der Waals surface area contributed by atoms with E-state index in [4.69, 9.17) is 4.74 Å². The molecule has 2 heterocycles. The molecule has 5 nitrogen and oxygen atoms in total. The Hall–Kier alpha value is -2.82. The van der Waals surface area contributed by atoms with Gasteiger partial charge in [0, 0.05) is 12.6 Å². The number of imidazole rings is 1. The highest BCUT2D eigenvalue weighted by atomic mass is 16.5. The molecule has 0 radical (unpaired) electrons. The molecule has 0 saturated carbocycles. The van der Waals surface area contributed by atoms with E-state index in [-0.39, 0.29) is 5.69 Å². The van der Waals surface area contributed by atoms with Crippen molar-refractivity contribution in [3.05, 3.63) is 65.6 Å². The fourth-order valence-electron chi connectivity index (χ4n) is 2.43. The molecule has 0 aliphatic carbocycles. The van der Waals surface area contributed by atoms with Gasteiger partial charge in [-0.15, -0.1) is 0 Å². The molecule has 0 aliphatic rings. The SMILES string of the molecule is Cc1cccn2c(C(=O)O)c(CCOc3ccccc3)nc12. The third-order valence-electron chi connectivity index (χ3n) is 3.47. The number of aromatic nitrogens is 2. The van der Waals surface area contributed by atoms with Crippen LogP contribution in [0.5, 0.6) is 5.75 Å². The van der Waals surface area contributed by atoms with E-state index >= 15 is 0 Å². The average molecular weight is 296 g/mol. The molecule has 1 N–H and O–H groups in total. The van der Waals surface area contributed by atoms with Crippen molar-refractivity contribution in [1.82, 2.24) is 9.38 Å². The molecule has 3 rings (SSSR count). The number of rotatable bonds is 5. The number of aryl methyl sites for hydroxylation is 1. The standard InChI is InChI=1S/C17H16N2O3/c1-12-6-5-10-19-15(17(20)21)14(18-16(12)19)9-11-22-13-7-3-2-4-8-13/h2-8,10H,9,11H2,1H3,(H,20,21). The first-order valence-electron chi connectivity index (χ1n) is 7.04. The Bertz CT molecular complexity index is 809. The molecule has 0 bridgehead atoms. The Labute approximate surface area is 127 Å². The molecule has 2 aromatic heterocycles. The summed E-state index contributed by atoms with van der Waals surface area (Å²) in [5, 5.41) is 9.46. The van der Waals surface area contributed by atoms with Crippen LogP contribution in [0.2, 0.25) is 0 Å². The number of fused-ring (bicyclic) bond motifs is 1. The number of ether oxygens (including phenoxy) is 1. The summed E-state index contributed by atoms with van der Waals surface area (Å²) in [5.74, 6) is -0.216. The molecule has 5 heteroatoms. The number of nitrogens with zero attached hydrogens (tertiary/aromatic N) is 2. The van der Waals surface area contributed by atoms with E-state index in [0.717, 1.165) is 11.3 Å². The van der Waals surface area contributed by atoms with Crippen LogP contribution >= 0.6 is 0 Å². The number of aromatic carboxylic acids is 1. The summed E-state index contributed by atoms with van der Waals surface area (Å²) < 4.78 is 7.25. The summed E-state index contributed by atoms with van der Waals surface area (Å²) in [5.41, 5.74) is 2.36. The molecule has 0 unspecified atom stereocenters. The molecule has 0 fully saturated rings. The van der Waals surface area contributed by atoms with Gasteiger partial charge in [0.1, 0.15) is 11.4 Å². The van der Waals surface area contributed by atoms with Gasteiger partial charge >= 0.3 is 5.97 Å². The topological polar surface area (TPSA) is 63.8 Å². The molecule has 3 aromatic rings. The van der Waals surface area contributed by atoms with Crippen molar-refractivity contribution in [2.75, 3.05) is 6.61 Å². The minimum absolute atomic E-state index is 0.204. The monoisotopic (exact) mass is 296 g/mol. The van der Waals surface area contributed by atoms with Gasteiger partial charge in [-0.25, -0.2) is 9.78 Å². The smallest absolute Gasteiger partial charge is 0.354 e. The van der Waals surface area contributed by atoms with E-state index in [2.05, 4.69) is 4.98 Å². The van der Waals surface area contributed by atoms with Gasteiger partial charge in [-0.3, -0.25) is 4.40 Å². The van der Waals surface area contributed by atoms with Crippen LogP contribution < -0.4 is 4.74 Å². The summed E-state index contributed by atoms with van der Waals surface area (Å²) in [6.07, 6.45) is 2.16. The van der Waals surface area contributed by atoms with Gasteiger partial charge in [0.05, 0.1) is 12.3 Å². The molecule has 0 atom stereocenters. The van der Waals surface area contributed by atoms with Crippen LogP contribution in [0.1, 0.15) is 21.7 Å². The summed E-state index contributed by atoms with van der Waals surface area (Å²) in [7, 11) is 0. The van der Waals surface area contributed by atoms with Crippen LogP contribution in [-0.2, 0) is 6.42 Å². The van der Waals surface area contributed by atoms with Gasteiger partial charge in [0.2, 0.25) is 0 Å². The van der Waals surface area contributed by atoms with E-state index in [0.29, 0.717) is 24.4 Å². The number of hydrogen-bond donors (Lipinski definition) is 1. The second kappa shape index (κ2) is 5.89. The first kappa shape index (κ1) is 14.1. The number of carbonyl (C=O) groups is 1. The van der Waals surface area contributed by atoms with Gasteiger partial charge in [-0.1, -0.05) is 24.3 Å². The predicted octanol–water partition coefficient (Wildman–Crippen LogP) is 2.96. The van der Waals surface area contributed by atoms with Crippen molar-refractivity contribution < 1.29 is 14.6 Å². The van der Waals surface area contributed by atoms with Crippen molar-refractivity contribution in [3.63, 3.8) is 0 Å². The largest absolute Gasteiger partial charge is 0.493 e. The molecular weight excluding hydrogens is 280 g/mol. The Morgan fingerprint density at radius 3 is 2.73 bits per heavy atom. The fourth-order valence-corrected chi connectivity index (χ4v) is 2.43. The normalized spacial score (nSPS) is 10.8. The third-order valence-corrected chi connectivity index (χ3v) is 3.47. The van der Waals surface area contributed by atoms with E-state index in [1.54, 1.807) is 10.6 Å². The van der Waals surface area contributed by atoms with E-state index in [1.807, 2.05) is 49.4 Å². The highest BCUT2D eigenvalue weighted by Gasteiger charge is 2.19. The van der Waals surface area contributed by atoms with Gasteiger partial charge in [-0.05, 0) is 30.7 Å². The summed E-state index contributed by atoms with van der Waals surface area (Å²) >= 11 is 0. The summed E-state index contributed by atoms with van der Waals surface area (Å²) in [4.78, 5) is 16.0. The predicted molar refractivity (Wildman–Crippen MR) is 82.5 cm³/mol. The molecule has 0 saturated heterocycles. The maximum Gasteiger partial charge on any atom is 0.354 e. The minimum atomic E-state index is -0.979. The maximum atomic E-state index is 11.5. The lowest BCUT2D eigenvalue weighted by molar-refractivity contribution is 0.0688. The number of benzene rings is 1. The van der Waals surface area contributed by atoms with Crippen LogP contribution in [0, 0.1) is 6.92 Å². The lowest BCUT2D eigenvalue weighted by atomic mass is 10.2. The van der Waals surface area contributed by atoms with Crippen molar-refractivity contribution in [2.24, 2.45) is 0 Å². The number of carboxylic acids is 1. The number of pyridine rings is 1. The van der Waals surface area contributed by atoms with Crippen LogP contribution in [0.3, 0.4) is 0 Å². The quantitative estimate of drug-likeness (QED) is 0.786. The number of para-hydroxylation sites is 1. The second-order valence-electron chi connectivity index (χ2n) is 5.01. The van der Waals surface area contributed by atoms with Crippen molar-refractivity contribution in [1.29, 1.82) is 0 Å². The van der Waals surface area contributed by atoms with Crippen LogP contribution in [0.15, 0.2) is 48.7 Å². The van der Waals surface area contributed by atoms with Crippen molar-refractivity contribution in [3.8, 4) is 5.75 Å². The first-order valence-corrected chi connectivity index (χ1v) is 7.04. The van der Waals surface area contributed by atoms with Gasteiger partial charge in [0.25, 0.3) is 0 Å². The molecule has 0 amide bonds.